The molecule has 25 heavy (non-hydrogen) atoms. The minimum atomic E-state index is -3.68. The highest BCUT2D eigenvalue weighted by Gasteiger charge is 2.15. The van der Waals surface area contributed by atoms with Gasteiger partial charge in [-0.15, -0.1) is 0 Å². The molecule has 2 aromatic rings. The van der Waals surface area contributed by atoms with Crippen LogP contribution in [0.1, 0.15) is 37.5 Å². The molecule has 0 spiro atoms. The zero-order valence-electron chi connectivity index (χ0n) is 15.2. The van der Waals surface area contributed by atoms with Crippen molar-refractivity contribution in [3.05, 3.63) is 59.2 Å². The molecule has 5 nitrogen and oxygen atoms in total. The highest BCUT2D eigenvalue weighted by Crippen LogP contribution is 2.18. The summed E-state index contributed by atoms with van der Waals surface area (Å²) in [5.74, 6) is 0.750. The van der Waals surface area contributed by atoms with E-state index in [0.29, 0.717) is 5.56 Å². The maximum absolute atomic E-state index is 12.3. The quantitative estimate of drug-likeness (QED) is 0.651. The van der Waals surface area contributed by atoms with Crippen LogP contribution in [0.5, 0.6) is 5.75 Å². The van der Waals surface area contributed by atoms with Crippen LogP contribution in [-0.2, 0) is 10.0 Å². The van der Waals surface area contributed by atoms with Gasteiger partial charge in [0.2, 0.25) is 0 Å². The number of aryl methyl sites for hydroxylation is 2. The van der Waals surface area contributed by atoms with E-state index < -0.39 is 10.0 Å². The van der Waals surface area contributed by atoms with Crippen molar-refractivity contribution in [2.24, 2.45) is 5.10 Å². The van der Waals surface area contributed by atoms with Gasteiger partial charge < -0.3 is 4.74 Å². The maximum atomic E-state index is 12.3. The lowest BCUT2D eigenvalue weighted by Crippen LogP contribution is -2.22. The van der Waals surface area contributed by atoms with Crippen molar-refractivity contribution >= 4 is 16.2 Å². The molecule has 1 N–H and O–H groups in total. The number of nitrogens with one attached hydrogen (secondary N) is 1. The molecule has 0 aliphatic carbocycles. The van der Waals surface area contributed by atoms with E-state index in [0.717, 1.165) is 16.9 Å². The molecular weight excluding hydrogens is 336 g/mol. The lowest BCUT2D eigenvalue weighted by Gasteiger charge is -2.21. The van der Waals surface area contributed by atoms with Gasteiger partial charge in [-0.25, -0.2) is 4.83 Å². The Labute approximate surface area is 149 Å². The SMILES string of the molecule is Cc1ccc(S(=O)(=O)N/N=C/c2ccc(OC(C)(C)C)cc2)c(C)c1. The number of hydrazone groups is 1. The lowest BCUT2D eigenvalue weighted by atomic mass is 10.2. The van der Waals surface area contributed by atoms with Crippen LogP contribution in [0, 0.1) is 13.8 Å². The van der Waals surface area contributed by atoms with Gasteiger partial charge in [0.15, 0.2) is 0 Å². The maximum Gasteiger partial charge on any atom is 0.276 e. The fourth-order valence-corrected chi connectivity index (χ4v) is 3.32. The Bertz CT molecular complexity index is 865. The zero-order chi connectivity index (χ0) is 18.7. The molecule has 2 rings (SSSR count). The Morgan fingerprint density at radius 2 is 1.68 bits per heavy atom. The fraction of sp³-hybridized carbons (Fsp3) is 0.316. The van der Waals surface area contributed by atoms with Crippen LogP contribution in [0.3, 0.4) is 0 Å². The van der Waals surface area contributed by atoms with Gasteiger partial charge in [-0.2, -0.15) is 13.5 Å². The summed E-state index contributed by atoms with van der Waals surface area (Å²) in [7, 11) is -3.68. The average molecular weight is 360 g/mol. The second-order valence-corrected chi connectivity index (χ2v) is 8.53. The molecule has 0 aliphatic heterocycles. The number of nitrogens with zero attached hydrogens (tertiary/aromatic N) is 1. The Balaban J connectivity index is 2.07. The highest BCUT2D eigenvalue weighted by molar-refractivity contribution is 7.89. The molecule has 0 aromatic heterocycles. The molecule has 2 aromatic carbocycles. The van der Waals surface area contributed by atoms with E-state index in [1.165, 1.54) is 6.21 Å². The van der Waals surface area contributed by atoms with Crippen molar-refractivity contribution in [1.82, 2.24) is 4.83 Å². The van der Waals surface area contributed by atoms with E-state index in [9.17, 15) is 8.42 Å². The van der Waals surface area contributed by atoms with Crippen LogP contribution in [-0.4, -0.2) is 20.2 Å². The molecular formula is C19H24N2O3S. The zero-order valence-corrected chi connectivity index (χ0v) is 16.0. The first-order valence-electron chi connectivity index (χ1n) is 7.98. The normalized spacial score (nSPS) is 12.4. The second-order valence-electron chi connectivity index (χ2n) is 6.91. The standard InChI is InChI=1S/C19H24N2O3S/c1-14-6-11-18(15(2)12-14)25(22,23)21-20-13-16-7-9-17(10-8-16)24-19(3,4)5/h6-13,21H,1-5H3/b20-13+. The van der Waals surface area contributed by atoms with Gasteiger partial charge >= 0.3 is 0 Å². The summed E-state index contributed by atoms with van der Waals surface area (Å²) in [6, 6.07) is 12.5. The predicted molar refractivity (Wildman–Crippen MR) is 101 cm³/mol. The summed E-state index contributed by atoms with van der Waals surface area (Å²) in [4.78, 5) is 2.47. The van der Waals surface area contributed by atoms with Gasteiger partial charge in [0.05, 0.1) is 11.1 Å². The number of hydrogen-bond donors (Lipinski definition) is 1. The summed E-state index contributed by atoms with van der Waals surface area (Å²) >= 11 is 0. The van der Waals surface area contributed by atoms with Crippen LogP contribution in [0.2, 0.25) is 0 Å². The van der Waals surface area contributed by atoms with Crippen molar-refractivity contribution in [2.45, 2.75) is 45.1 Å². The van der Waals surface area contributed by atoms with E-state index in [1.807, 2.05) is 58.0 Å². The fourth-order valence-electron chi connectivity index (χ4n) is 2.30. The largest absolute Gasteiger partial charge is 0.488 e. The third-order valence-corrected chi connectivity index (χ3v) is 4.69. The van der Waals surface area contributed by atoms with Crippen molar-refractivity contribution in [3.8, 4) is 5.75 Å². The van der Waals surface area contributed by atoms with Crippen molar-refractivity contribution in [2.75, 3.05) is 0 Å². The van der Waals surface area contributed by atoms with Crippen molar-refractivity contribution in [1.29, 1.82) is 0 Å². The molecule has 0 saturated carbocycles. The molecule has 0 radical (unpaired) electrons. The first-order chi connectivity index (χ1) is 11.6. The van der Waals surface area contributed by atoms with Gasteiger partial charge in [0.1, 0.15) is 11.4 Å². The van der Waals surface area contributed by atoms with Crippen LogP contribution in [0.4, 0.5) is 0 Å². The molecule has 0 amide bonds. The molecule has 0 aliphatic rings. The monoisotopic (exact) mass is 360 g/mol. The van der Waals surface area contributed by atoms with Crippen LogP contribution in [0.25, 0.3) is 0 Å². The van der Waals surface area contributed by atoms with Gasteiger partial charge in [-0.05, 0) is 76.1 Å². The third kappa shape index (κ3) is 5.60. The number of rotatable bonds is 5. The van der Waals surface area contributed by atoms with Gasteiger partial charge in [0, 0.05) is 0 Å². The first-order valence-corrected chi connectivity index (χ1v) is 9.46. The van der Waals surface area contributed by atoms with Crippen molar-refractivity contribution < 1.29 is 13.2 Å². The van der Waals surface area contributed by atoms with E-state index in [1.54, 1.807) is 19.1 Å². The number of hydrogen-bond acceptors (Lipinski definition) is 4. The molecule has 134 valence electrons. The molecule has 0 bridgehead atoms. The average Bonchev–Trinajstić information content (AvgIpc) is 2.47. The summed E-state index contributed by atoms with van der Waals surface area (Å²) in [5.41, 5.74) is 2.20. The van der Waals surface area contributed by atoms with E-state index >= 15 is 0 Å². The van der Waals surface area contributed by atoms with Crippen LogP contribution < -0.4 is 9.57 Å². The summed E-state index contributed by atoms with van der Waals surface area (Å²) in [6.07, 6.45) is 1.46. The molecule has 0 saturated heterocycles. The number of ether oxygens (including phenoxy) is 1. The molecule has 0 heterocycles. The molecule has 0 atom stereocenters. The van der Waals surface area contributed by atoms with Gasteiger partial charge in [0.25, 0.3) is 10.0 Å². The summed E-state index contributed by atoms with van der Waals surface area (Å²) < 4.78 is 30.4. The van der Waals surface area contributed by atoms with E-state index in [2.05, 4.69) is 9.93 Å². The molecule has 0 unspecified atom stereocenters. The minimum absolute atomic E-state index is 0.226. The number of benzene rings is 2. The van der Waals surface area contributed by atoms with E-state index in [-0.39, 0.29) is 10.5 Å². The predicted octanol–water partition coefficient (Wildman–Crippen LogP) is 3.79. The highest BCUT2D eigenvalue weighted by atomic mass is 32.2. The van der Waals surface area contributed by atoms with Gasteiger partial charge in [-0.3, -0.25) is 0 Å². The van der Waals surface area contributed by atoms with E-state index in [4.69, 9.17) is 4.74 Å². The van der Waals surface area contributed by atoms with Crippen LogP contribution >= 0.6 is 0 Å². The topological polar surface area (TPSA) is 67.8 Å². The molecule has 6 heteroatoms. The van der Waals surface area contributed by atoms with Crippen LogP contribution in [0.15, 0.2) is 52.5 Å². The van der Waals surface area contributed by atoms with Crippen molar-refractivity contribution in [3.63, 3.8) is 0 Å². The van der Waals surface area contributed by atoms with Gasteiger partial charge in [-0.1, -0.05) is 17.7 Å². The Morgan fingerprint density at radius 3 is 2.24 bits per heavy atom. The Morgan fingerprint density at radius 1 is 1.04 bits per heavy atom. The third-order valence-electron chi connectivity index (χ3n) is 3.31. The summed E-state index contributed by atoms with van der Waals surface area (Å²) in [5, 5.41) is 3.85. The lowest BCUT2D eigenvalue weighted by molar-refractivity contribution is 0.131. The minimum Gasteiger partial charge on any atom is -0.488 e. The Kier molecular flexibility index (Phi) is 5.52. The molecule has 0 fully saturated rings. The smallest absolute Gasteiger partial charge is 0.276 e. The second kappa shape index (κ2) is 7.27. The number of sulfonamides is 1. The Hall–Kier alpha value is -2.34. The first kappa shape index (κ1) is 19.0. The summed E-state index contributed by atoms with van der Waals surface area (Å²) in [6.45, 7) is 9.61.